The molecule has 2 heterocycles. The molecular weight excluding hydrogens is 597 g/mol. The first-order chi connectivity index (χ1) is 21.6. The molecule has 46 heavy (non-hydrogen) atoms. The second-order valence-corrected chi connectivity index (χ2v) is 9.59. The van der Waals surface area contributed by atoms with E-state index in [1.54, 1.807) is 63.3 Å². The third-order valence-corrected chi connectivity index (χ3v) is 6.60. The molecule has 2 aliphatic rings. The number of halogens is 3. The Morgan fingerprint density at radius 3 is 1.50 bits per heavy atom. The van der Waals surface area contributed by atoms with Gasteiger partial charge in [0.15, 0.2) is 22.7 Å². The number of benzene rings is 1. The minimum Gasteiger partial charge on any atom is -0.480 e. The summed E-state index contributed by atoms with van der Waals surface area (Å²) in [5.74, 6) is -0.541. The van der Waals surface area contributed by atoms with E-state index >= 15 is 0 Å². The van der Waals surface area contributed by atoms with Crippen molar-refractivity contribution in [2.24, 2.45) is 0 Å². The van der Waals surface area contributed by atoms with E-state index in [1.165, 1.54) is 36.4 Å². The highest BCUT2D eigenvalue weighted by Crippen LogP contribution is 2.55. The van der Waals surface area contributed by atoms with Crippen LogP contribution in [-0.2, 0) is 15.1 Å². The predicted octanol–water partition coefficient (Wildman–Crippen LogP) is 6.92. The molecule has 0 N–H and O–H groups in total. The fourth-order valence-electron chi connectivity index (χ4n) is 4.06. The van der Waals surface area contributed by atoms with Crippen LogP contribution in [0.2, 0.25) is 0 Å². The summed E-state index contributed by atoms with van der Waals surface area (Å²) in [6.45, 7) is 8.34. The second-order valence-electron chi connectivity index (χ2n) is 9.59. The number of rotatable bonds is 2. The Morgan fingerprint density at radius 2 is 1.15 bits per heavy atom. The monoisotopic (exact) mass is 620 g/mol. The van der Waals surface area contributed by atoms with Gasteiger partial charge >= 0.3 is 6.18 Å². The van der Waals surface area contributed by atoms with Gasteiger partial charge in [-0.05, 0) is 39.7 Å². The Hall–Kier alpha value is -6.77. The quantitative estimate of drug-likeness (QED) is 0.311. The number of nitriles is 8. The lowest BCUT2D eigenvalue weighted by Gasteiger charge is -2.33. The van der Waals surface area contributed by atoms with Gasteiger partial charge in [0, 0.05) is 11.1 Å². The zero-order valence-corrected chi connectivity index (χ0v) is 25.2. The van der Waals surface area contributed by atoms with E-state index in [9.17, 15) is 18.4 Å². The van der Waals surface area contributed by atoms with Crippen molar-refractivity contribution in [3.05, 3.63) is 92.5 Å². The molecule has 0 saturated heterocycles. The standard InChI is InChI=1S/C16H8F3N3O.C11H9N3O.C6H6N2/c1-10-13(9-22)14(11(7-20)8-21)23-15(10,16(17,18)19)12-5-3-2-4-6-12;1-7-9(6-14)10(8(4-12)5-13)15-11(7,2)3;1-2-3-6(4-7)5-8/h2-6H,1H3;1-3H3;3H,2H2,1H3. The van der Waals surface area contributed by atoms with Crippen LogP contribution in [-0.4, -0.2) is 11.8 Å². The van der Waals surface area contributed by atoms with Crippen molar-refractivity contribution in [3.8, 4) is 48.6 Å². The summed E-state index contributed by atoms with van der Waals surface area (Å²) in [6, 6.07) is 20.2. The lowest BCUT2D eigenvalue weighted by Crippen LogP contribution is -2.43. The molecule has 0 spiro atoms. The maximum atomic E-state index is 13.8. The van der Waals surface area contributed by atoms with Crippen LogP contribution >= 0.6 is 0 Å². The third kappa shape index (κ3) is 7.41. The Morgan fingerprint density at radius 1 is 0.717 bits per heavy atom. The highest BCUT2D eigenvalue weighted by atomic mass is 19.4. The lowest BCUT2D eigenvalue weighted by atomic mass is 9.85. The van der Waals surface area contributed by atoms with Gasteiger partial charge in [0.1, 0.15) is 59.7 Å². The van der Waals surface area contributed by atoms with E-state index in [4.69, 9.17) is 46.3 Å². The van der Waals surface area contributed by atoms with E-state index in [0.29, 0.717) is 0 Å². The van der Waals surface area contributed by atoms with Crippen LogP contribution in [0.3, 0.4) is 0 Å². The van der Waals surface area contributed by atoms with Crippen LogP contribution in [0.5, 0.6) is 0 Å². The van der Waals surface area contributed by atoms with Crippen LogP contribution < -0.4 is 0 Å². The third-order valence-electron chi connectivity index (χ3n) is 6.60. The molecule has 0 aromatic heterocycles. The molecule has 0 fully saturated rings. The second kappa shape index (κ2) is 15.6. The topological polar surface area (TPSA) is 209 Å². The summed E-state index contributed by atoms with van der Waals surface area (Å²) < 4.78 is 52.1. The summed E-state index contributed by atoms with van der Waals surface area (Å²) >= 11 is 0. The van der Waals surface area contributed by atoms with E-state index in [-0.39, 0.29) is 28.0 Å². The van der Waals surface area contributed by atoms with Crippen molar-refractivity contribution in [1.29, 1.82) is 42.1 Å². The fraction of sp³-hybridized carbons (Fsp3) is 0.273. The molecule has 10 nitrogen and oxygen atoms in total. The van der Waals surface area contributed by atoms with Crippen molar-refractivity contribution in [2.45, 2.75) is 58.4 Å². The Kier molecular flexibility index (Phi) is 12.7. The molecule has 0 radical (unpaired) electrons. The van der Waals surface area contributed by atoms with Gasteiger partial charge in [-0.3, -0.25) is 0 Å². The Balaban J connectivity index is 0.000000394. The fourth-order valence-corrected chi connectivity index (χ4v) is 4.06. The molecule has 13 heteroatoms. The van der Waals surface area contributed by atoms with Gasteiger partial charge in [-0.15, -0.1) is 0 Å². The van der Waals surface area contributed by atoms with Crippen LogP contribution in [0.4, 0.5) is 13.2 Å². The first-order valence-electron chi connectivity index (χ1n) is 13.0. The first kappa shape index (κ1) is 37.3. The van der Waals surface area contributed by atoms with Crippen LogP contribution in [0, 0.1) is 90.6 Å². The van der Waals surface area contributed by atoms with Gasteiger partial charge < -0.3 is 9.47 Å². The van der Waals surface area contributed by atoms with Gasteiger partial charge in [-0.25, -0.2) is 0 Å². The van der Waals surface area contributed by atoms with E-state index < -0.39 is 39.9 Å². The van der Waals surface area contributed by atoms with E-state index in [1.807, 2.05) is 13.0 Å². The molecule has 0 amide bonds. The van der Waals surface area contributed by atoms with Crippen molar-refractivity contribution >= 4 is 0 Å². The number of ether oxygens (including phenoxy) is 2. The predicted molar refractivity (Wildman–Crippen MR) is 153 cm³/mol. The van der Waals surface area contributed by atoms with Crippen LogP contribution in [0.15, 0.2) is 86.9 Å². The molecule has 1 aromatic carbocycles. The first-order valence-corrected chi connectivity index (χ1v) is 13.0. The van der Waals surface area contributed by atoms with Crippen molar-refractivity contribution in [1.82, 2.24) is 0 Å². The lowest BCUT2D eigenvalue weighted by molar-refractivity contribution is -0.250. The summed E-state index contributed by atoms with van der Waals surface area (Å²) in [5, 5.41) is 69.6. The number of nitrogens with zero attached hydrogens (tertiary/aromatic N) is 8. The molecule has 1 aromatic rings. The molecule has 228 valence electrons. The zero-order chi connectivity index (χ0) is 35.3. The smallest absolute Gasteiger partial charge is 0.436 e. The summed E-state index contributed by atoms with van der Waals surface area (Å²) in [6.07, 6.45) is -2.55. The summed E-state index contributed by atoms with van der Waals surface area (Å²) in [7, 11) is 0. The van der Waals surface area contributed by atoms with E-state index in [2.05, 4.69) is 0 Å². The Bertz CT molecular complexity index is 1840. The number of allylic oxidation sites excluding steroid dienone is 6. The van der Waals surface area contributed by atoms with Gasteiger partial charge in [0.05, 0.1) is 11.1 Å². The van der Waals surface area contributed by atoms with Gasteiger partial charge in [0.2, 0.25) is 0 Å². The minimum absolute atomic E-state index is 0.102. The molecule has 0 saturated carbocycles. The average molecular weight is 621 g/mol. The molecular formula is C33H23F3N8O2. The number of hydrogen-bond acceptors (Lipinski definition) is 10. The van der Waals surface area contributed by atoms with Crippen molar-refractivity contribution < 1.29 is 22.6 Å². The number of alkyl halides is 3. The van der Waals surface area contributed by atoms with E-state index in [0.717, 1.165) is 18.9 Å². The van der Waals surface area contributed by atoms with Gasteiger partial charge in [-0.1, -0.05) is 43.3 Å². The minimum atomic E-state index is -4.89. The zero-order valence-electron chi connectivity index (χ0n) is 25.2. The molecule has 1 unspecified atom stereocenters. The molecule has 0 aliphatic carbocycles. The van der Waals surface area contributed by atoms with Crippen molar-refractivity contribution in [3.63, 3.8) is 0 Å². The van der Waals surface area contributed by atoms with Gasteiger partial charge in [-0.2, -0.15) is 55.3 Å². The summed E-state index contributed by atoms with van der Waals surface area (Å²) in [5.41, 5.74) is -4.22. The molecule has 3 rings (SSSR count). The largest absolute Gasteiger partial charge is 0.480 e. The highest BCUT2D eigenvalue weighted by molar-refractivity contribution is 5.60. The molecule has 1 atom stereocenters. The van der Waals surface area contributed by atoms with Crippen molar-refractivity contribution in [2.75, 3.05) is 0 Å². The average Bonchev–Trinajstić information content (AvgIpc) is 3.47. The maximum Gasteiger partial charge on any atom is 0.436 e. The van der Waals surface area contributed by atoms with Gasteiger partial charge in [0.25, 0.3) is 5.60 Å². The molecule has 0 bridgehead atoms. The van der Waals surface area contributed by atoms with Crippen LogP contribution in [0.25, 0.3) is 0 Å². The maximum absolute atomic E-state index is 13.8. The normalized spacial score (nSPS) is 17.0. The highest BCUT2D eigenvalue weighted by Gasteiger charge is 2.64. The SMILES string of the molecule is CC1=C(C#N)C(=C(C#N)C#N)OC1(C)C.CC1=C(C#N)C(=C(C#N)C#N)OC1(c1ccccc1)C(F)(F)F.CCC=C(C#N)C#N. The summed E-state index contributed by atoms with van der Waals surface area (Å²) in [4.78, 5) is 0. The molecule has 2 aliphatic heterocycles. The Labute approximate surface area is 264 Å². The number of hydrogen-bond donors (Lipinski definition) is 0. The van der Waals surface area contributed by atoms with Crippen LogP contribution in [0.1, 0.15) is 46.6 Å².